The summed E-state index contributed by atoms with van der Waals surface area (Å²) < 4.78 is 25.3. The van der Waals surface area contributed by atoms with Gasteiger partial charge >= 0.3 is 0 Å². The molecule has 2 heterocycles. The van der Waals surface area contributed by atoms with Crippen LogP contribution in [-0.4, -0.2) is 42.3 Å². The number of anilines is 1. The molecular weight excluding hydrogens is 436 g/mol. The molecule has 0 radical (unpaired) electrons. The Morgan fingerprint density at radius 2 is 1.92 bits per heavy atom. The normalized spacial score (nSPS) is 25.9. The number of hydrogen-bond acceptors (Lipinski definition) is 4. The number of carbonyl (C=O) groups excluding carboxylic acids is 1. The Kier molecular flexibility index (Phi) is 5.57. The summed E-state index contributed by atoms with van der Waals surface area (Å²) in [5.41, 5.74) is 3.03. The highest BCUT2D eigenvalue weighted by Gasteiger charge is 2.50. The van der Waals surface area contributed by atoms with E-state index in [0.717, 1.165) is 21.3 Å². The number of sulfone groups is 1. The van der Waals surface area contributed by atoms with Gasteiger partial charge in [-0.1, -0.05) is 41.5 Å². The molecule has 0 aromatic heterocycles. The van der Waals surface area contributed by atoms with Gasteiger partial charge in [0.1, 0.15) is 0 Å². The maximum Gasteiger partial charge on any atom is 0.248 e. The van der Waals surface area contributed by atoms with Crippen LogP contribution in [0.4, 0.5) is 5.69 Å². The molecule has 2 fully saturated rings. The first kappa shape index (κ1) is 19.9. The number of hydrogen-bond donors (Lipinski definition) is 0. The van der Waals surface area contributed by atoms with Crippen molar-refractivity contribution in [2.75, 3.05) is 16.4 Å². The second-order valence-corrected chi connectivity index (χ2v) is 11.7. The zero-order valence-corrected chi connectivity index (χ0v) is 18.5. The molecular formula is C18H23BrN2O3S2. The lowest BCUT2D eigenvalue weighted by molar-refractivity contribution is -0.118. The van der Waals surface area contributed by atoms with Crippen molar-refractivity contribution >= 4 is 54.3 Å². The summed E-state index contributed by atoms with van der Waals surface area (Å²) in [4.78, 5) is 18.7. The molecule has 5 nitrogen and oxygen atoms in total. The van der Waals surface area contributed by atoms with Crippen LogP contribution in [0.2, 0.25) is 0 Å². The van der Waals surface area contributed by atoms with Crippen molar-refractivity contribution in [3.8, 4) is 0 Å². The molecule has 8 heteroatoms. The number of thioether (sulfide) groups is 1. The second kappa shape index (κ2) is 7.28. The number of carbonyl (C=O) groups is 1. The van der Waals surface area contributed by atoms with Crippen LogP contribution in [0.1, 0.15) is 31.4 Å². The maximum absolute atomic E-state index is 12.3. The minimum absolute atomic E-state index is 0.0759. The molecule has 26 heavy (non-hydrogen) atoms. The fraction of sp³-hybridized carbons (Fsp3) is 0.556. The fourth-order valence-electron chi connectivity index (χ4n) is 3.61. The minimum Gasteiger partial charge on any atom is -0.315 e. The lowest BCUT2D eigenvalue weighted by atomic mass is 10.1. The van der Waals surface area contributed by atoms with Gasteiger partial charge in [-0.3, -0.25) is 4.79 Å². The molecule has 0 unspecified atom stereocenters. The third-order valence-electron chi connectivity index (χ3n) is 4.57. The van der Waals surface area contributed by atoms with Gasteiger partial charge in [0, 0.05) is 21.8 Å². The van der Waals surface area contributed by atoms with Crippen LogP contribution in [0.25, 0.3) is 0 Å². The quantitative estimate of drug-likeness (QED) is 0.690. The van der Waals surface area contributed by atoms with Gasteiger partial charge in [-0.15, -0.1) is 0 Å². The monoisotopic (exact) mass is 458 g/mol. The van der Waals surface area contributed by atoms with Gasteiger partial charge in [-0.25, -0.2) is 8.42 Å². The lowest BCUT2D eigenvalue weighted by Crippen LogP contribution is -2.38. The van der Waals surface area contributed by atoms with E-state index >= 15 is 0 Å². The van der Waals surface area contributed by atoms with Crippen molar-refractivity contribution in [2.24, 2.45) is 10.9 Å². The molecule has 3 rings (SSSR count). The van der Waals surface area contributed by atoms with E-state index in [1.807, 2.05) is 44.7 Å². The van der Waals surface area contributed by atoms with E-state index in [1.54, 1.807) is 0 Å². The Hall–Kier alpha value is -0.860. The van der Waals surface area contributed by atoms with Gasteiger partial charge in [0.05, 0.1) is 17.5 Å². The fourth-order valence-corrected chi connectivity index (χ4v) is 8.21. The summed E-state index contributed by atoms with van der Waals surface area (Å²) in [5, 5.41) is 0.558. The minimum atomic E-state index is -3.06. The van der Waals surface area contributed by atoms with Crippen LogP contribution in [0.5, 0.6) is 0 Å². The maximum atomic E-state index is 12.3. The van der Waals surface area contributed by atoms with Gasteiger partial charge in [0.15, 0.2) is 15.0 Å². The van der Waals surface area contributed by atoms with Gasteiger partial charge < -0.3 is 4.90 Å². The van der Waals surface area contributed by atoms with Crippen LogP contribution in [0, 0.1) is 19.8 Å². The Labute approximate surface area is 167 Å². The molecule has 2 atom stereocenters. The number of benzene rings is 1. The second-order valence-electron chi connectivity index (χ2n) is 7.44. The molecule has 142 valence electrons. The average molecular weight is 459 g/mol. The van der Waals surface area contributed by atoms with E-state index in [9.17, 15) is 13.2 Å². The average Bonchev–Trinajstić information content (AvgIpc) is 2.89. The number of rotatable bonds is 3. The molecule has 2 aliphatic rings. The lowest BCUT2D eigenvalue weighted by Gasteiger charge is -2.28. The smallest absolute Gasteiger partial charge is 0.248 e. The first-order valence-electron chi connectivity index (χ1n) is 8.62. The first-order chi connectivity index (χ1) is 12.1. The number of halogens is 1. The zero-order valence-electron chi connectivity index (χ0n) is 15.3. The highest BCUT2D eigenvalue weighted by molar-refractivity contribution is 9.10. The van der Waals surface area contributed by atoms with Crippen molar-refractivity contribution in [1.82, 2.24) is 0 Å². The van der Waals surface area contributed by atoms with Crippen molar-refractivity contribution < 1.29 is 13.2 Å². The van der Waals surface area contributed by atoms with Crippen molar-refractivity contribution in [2.45, 2.75) is 45.4 Å². The van der Waals surface area contributed by atoms with Gasteiger partial charge in [0.2, 0.25) is 5.91 Å². The number of fused-ring (bicyclic) bond motifs is 1. The summed E-state index contributed by atoms with van der Waals surface area (Å²) in [7, 11) is -3.06. The van der Waals surface area contributed by atoms with Crippen LogP contribution in [0.3, 0.4) is 0 Å². The van der Waals surface area contributed by atoms with Gasteiger partial charge in [-0.05, 0) is 43.0 Å². The summed E-state index contributed by atoms with van der Waals surface area (Å²) in [6.45, 7) is 7.98. The van der Waals surface area contributed by atoms with E-state index < -0.39 is 9.84 Å². The number of aliphatic imine (C=N–C) groups is 1. The van der Waals surface area contributed by atoms with Crippen molar-refractivity contribution in [3.05, 3.63) is 27.7 Å². The topological polar surface area (TPSA) is 66.8 Å². The van der Waals surface area contributed by atoms with Crippen molar-refractivity contribution in [3.63, 3.8) is 0 Å². The Morgan fingerprint density at radius 1 is 1.31 bits per heavy atom. The number of amides is 1. The van der Waals surface area contributed by atoms with Gasteiger partial charge in [-0.2, -0.15) is 4.99 Å². The highest BCUT2D eigenvalue weighted by Crippen LogP contribution is 2.43. The summed E-state index contributed by atoms with van der Waals surface area (Å²) in [6.07, 6.45) is 0.393. The van der Waals surface area contributed by atoms with Crippen LogP contribution >= 0.6 is 27.7 Å². The SMILES string of the molecule is Cc1cc(Br)cc(C)c1N1C(=NC(=O)CC(C)C)S[C@@H]2CS(=O)(=O)C[C@@H]21. The highest BCUT2D eigenvalue weighted by atomic mass is 79.9. The van der Waals surface area contributed by atoms with E-state index in [1.165, 1.54) is 11.8 Å². The van der Waals surface area contributed by atoms with Crippen molar-refractivity contribution in [1.29, 1.82) is 0 Å². The molecule has 0 bridgehead atoms. The third kappa shape index (κ3) is 4.02. The molecule has 1 aromatic rings. The third-order valence-corrected chi connectivity index (χ3v) is 8.23. The van der Waals surface area contributed by atoms with E-state index in [-0.39, 0.29) is 34.6 Å². The molecule has 0 aliphatic carbocycles. The van der Waals surface area contributed by atoms with E-state index in [0.29, 0.717) is 11.6 Å². The van der Waals surface area contributed by atoms with E-state index in [2.05, 4.69) is 20.9 Å². The molecule has 0 spiro atoms. The van der Waals surface area contributed by atoms with Crippen LogP contribution in [0.15, 0.2) is 21.6 Å². The Balaban J connectivity index is 2.07. The zero-order chi connectivity index (χ0) is 19.2. The molecule has 2 saturated heterocycles. The number of nitrogens with zero attached hydrogens (tertiary/aromatic N) is 2. The summed E-state index contributed by atoms with van der Waals surface area (Å²) in [6, 6.07) is 3.85. The molecule has 0 saturated carbocycles. The Bertz CT molecular complexity index is 857. The number of amidine groups is 1. The van der Waals surface area contributed by atoms with Crippen LogP contribution < -0.4 is 4.90 Å². The number of aryl methyl sites for hydroxylation is 2. The van der Waals surface area contributed by atoms with E-state index in [4.69, 9.17) is 0 Å². The molecule has 1 aromatic carbocycles. The standard InChI is InChI=1S/C18H23BrN2O3S2/c1-10(2)5-16(22)20-18-21(14-8-26(23,24)9-15(14)25-18)17-11(3)6-13(19)7-12(17)4/h6-7,10,14-15H,5,8-9H2,1-4H3/t14-,15+/m0/s1. The van der Waals surface area contributed by atoms with Gasteiger partial charge in [0.25, 0.3) is 0 Å². The largest absolute Gasteiger partial charge is 0.315 e. The molecule has 0 N–H and O–H groups in total. The predicted octanol–water partition coefficient (Wildman–Crippen LogP) is 3.71. The molecule has 2 aliphatic heterocycles. The predicted molar refractivity (Wildman–Crippen MR) is 112 cm³/mol. The Morgan fingerprint density at radius 3 is 2.50 bits per heavy atom. The van der Waals surface area contributed by atoms with Crippen LogP contribution in [-0.2, 0) is 14.6 Å². The summed E-state index contributed by atoms with van der Waals surface area (Å²) in [5.74, 6) is 0.340. The first-order valence-corrected chi connectivity index (χ1v) is 12.1. The summed E-state index contributed by atoms with van der Waals surface area (Å²) >= 11 is 4.94. The molecule has 1 amide bonds.